The predicted octanol–water partition coefficient (Wildman–Crippen LogP) is -0.709. The number of benzene rings is 1. The van der Waals surface area contributed by atoms with E-state index in [0.29, 0.717) is 11.4 Å². The van der Waals surface area contributed by atoms with Gasteiger partial charge in [-0.1, -0.05) is 0 Å². The number of carbonyl (C=O) groups excluding carboxylic acids is 2. The number of carboxylic acids is 1. The van der Waals surface area contributed by atoms with Crippen LogP contribution >= 0.6 is 0 Å². The summed E-state index contributed by atoms with van der Waals surface area (Å²) in [6.45, 7) is -0.449. The molecule has 6 N–H and O–H groups in total. The molecule has 0 aromatic heterocycles. The van der Waals surface area contributed by atoms with Crippen LogP contribution in [0.4, 0.5) is 5.69 Å². The summed E-state index contributed by atoms with van der Waals surface area (Å²) in [5.41, 5.74) is 10.9. The van der Waals surface area contributed by atoms with Gasteiger partial charge in [-0.25, -0.2) is 4.79 Å². The second-order valence-electron chi connectivity index (χ2n) is 3.97. The Balaban J connectivity index is 2.54. The lowest BCUT2D eigenvalue weighted by Crippen LogP contribution is -2.38. The molecule has 20 heavy (non-hydrogen) atoms. The molecule has 1 aromatic carbocycles. The van der Waals surface area contributed by atoms with Gasteiger partial charge >= 0.3 is 5.97 Å². The quantitative estimate of drug-likeness (QED) is 0.519. The van der Waals surface area contributed by atoms with Gasteiger partial charge in [-0.3, -0.25) is 9.59 Å². The maximum atomic E-state index is 11.6. The highest BCUT2D eigenvalue weighted by molar-refractivity contribution is 5.97. The Morgan fingerprint density at radius 1 is 1.25 bits per heavy atom. The molecule has 0 saturated carbocycles. The van der Waals surface area contributed by atoms with Crippen molar-refractivity contribution in [2.24, 2.45) is 11.5 Å². The molecular weight excluding hydrogens is 266 g/mol. The van der Waals surface area contributed by atoms with Crippen LogP contribution in [-0.2, 0) is 14.4 Å². The Kier molecular flexibility index (Phi) is 5.48. The zero-order valence-corrected chi connectivity index (χ0v) is 10.5. The van der Waals surface area contributed by atoms with E-state index < -0.39 is 30.4 Å². The van der Waals surface area contributed by atoms with Gasteiger partial charge in [-0.2, -0.15) is 0 Å². The van der Waals surface area contributed by atoms with Crippen molar-refractivity contribution in [2.75, 3.05) is 11.9 Å². The molecule has 1 rings (SSSR count). The van der Waals surface area contributed by atoms with Crippen molar-refractivity contribution in [1.29, 1.82) is 0 Å². The summed E-state index contributed by atoms with van der Waals surface area (Å²) in [5.74, 6) is -1.93. The predicted molar refractivity (Wildman–Crippen MR) is 70.0 cm³/mol. The van der Waals surface area contributed by atoms with Crippen LogP contribution in [0.25, 0.3) is 0 Å². The van der Waals surface area contributed by atoms with E-state index in [1.807, 2.05) is 0 Å². The molecule has 2 amide bonds. The molecule has 0 saturated heterocycles. The molecule has 0 aliphatic heterocycles. The molecule has 1 aromatic rings. The fourth-order valence-electron chi connectivity index (χ4n) is 1.32. The van der Waals surface area contributed by atoms with E-state index in [1.54, 1.807) is 0 Å². The van der Waals surface area contributed by atoms with Crippen LogP contribution in [0, 0.1) is 0 Å². The molecule has 0 bridgehead atoms. The van der Waals surface area contributed by atoms with Gasteiger partial charge in [-0.05, 0) is 24.3 Å². The lowest BCUT2D eigenvalue weighted by Gasteiger charge is -2.11. The minimum Gasteiger partial charge on any atom is -0.482 e. The summed E-state index contributed by atoms with van der Waals surface area (Å²) < 4.78 is 4.93. The van der Waals surface area contributed by atoms with E-state index in [-0.39, 0.29) is 6.42 Å². The third-order valence-corrected chi connectivity index (χ3v) is 2.24. The molecule has 1 unspecified atom stereocenters. The summed E-state index contributed by atoms with van der Waals surface area (Å²) in [7, 11) is 0. The number of carboxylic acid groups (broad SMARTS) is 1. The van der Waals surface area contributed by atoms with Crippen molar-refractivity contribution >= 4 is 23.5 Å². The first-order chi connectivity index (χ1) is 9.38. The molecule has 0 aliphatic carbocycles. The first-order valence-corrected chi connectivity index (χ1v) is 5.68. The molecule has 0 aliphatic rings. The lowest BCUT2D eigenvalue weighted by molar-refractivity contribution is -0.139. The number of carbonyl (C=O) groups is 3. The molecule has 108 valence electrons. The number of aliphatic carboxylic acids is 1. The molecule has 8 heteroatoms. The van der Waals surface area contributed by atoms with Gasteiger partial charge in [0.1, 0.15) is 5.75 Å². The van der Waals surface area contributed by atoms with Crippen LogP contribution in [0.3, 0.4) is 0 Å². The molecule has 0 heterocycles. The van der Waals surface area contributed by atoms with Crippen LogP contribution in [0.15, 0.2) is 24.3 Å². The van der Waals surface area contributed by atoms with E-state index in [0.717, 1.165) is 0 Å². The topological polar surface area (TPSA) is 145 Å². The summed E-state index contributed by atoms with van der Waals surface area (Å²) in [5, 5.41) is 10.9. The van der Waals surface area contributed by atoms with E-state index in [1.165, 1.54) is 24.3 Å². The minimum absolute atomic E-state index is 0.244. The molecule has 0 spiro atoms. The normalized spacial score (nSPS) is 11.4. The van der Waals surface area contributed by atoms with E-state index in [4.69, 9.17) is 21.3 Å². The highest BCUT2D eigenvalue weighted by Gasteiger charge is 2.15. The highest BCUT2D eigenvalue weighted by atomic mass is 16.5. The number of hydrogen-bond donors (Lipinski definition) is 4. The van der Waals surface area contributed by atoms with Crippen molar-refractivity contribution in [2.45, 2.75) is 12.5 Å². The van der Waals surface area contributed by atoms with E-state index >= 15 is 0 Å². The number of nitrogens with one attached hydrogen (secondary N) is 1. The van der Waals surface area contributed by atoms with Crippen molar-refractivity contribution < 1.29 is 24.2 Å². The maximum absolute atomic E-state index is 11.6. The summed E-state index contributed by atoms with van der Waals surface area (Å²) in [6.07, 6.45) is -0.244. The number of amides is 2. The summed E-state index contributed by atoms with van der Waals surface area (Å²) >= 11 is 0. The van der Waals surface area contributed by atoms with Gasteiger partial charge in [0.05, 0.1) is 12.5 Å². The van der Waals surface area contributed by atoms with Crippen molar-refractivity contribution in [3.63, 3.8) is 0 Å². The van der Waals surface area contributed by atoms with Crippen molar-refractivity contribution in [1.82, 2.24) is 0 Å². The Bertz CT molecular complexity index is 500. The van der Waals surface area contributed by atoms with Crippen LogP contribution in [-0.4, -0.2) is 35.5 Å². The SMILES string of the molecule is NC(=O)CC(N)C(=O)Nc1ccc(OCC(=O)O)cc1. The third-order valence-electron chi connectivity index (χ3n) is 2.24. The van der Waals surface area contributed by atoms with Gasteiger partial charge in [0.25, 0.3) is 0 Å². The fourth-order valence-corrected chi connectivity index (χ4v) is 1.32. The number of hydrogen-bond acceptors (Lipinski definition) is 5. The Morgan fingerprint density at radius 3 is 2.35 bits per heavy atom. The maximum Gasteiger partial charge on any atom is 0.341 e. The van der Waals surface area contributed by atoms with Gasteiger partial charge < -0.3 is 26.6 Å². The van der Waals surface area contributed by atoms with Gasteiger partial charge in [0, 0.05) is 5.69 Å². The van der Waals surface area contributed by atoms with Crippen LogP contribution in [0.2, 0.25) is 0 Å². The second kappa shape index (κ2) is 7.10. The van der Waals surface area contributed by atoms with Crippen molar-refractivity contribution in [3.05, 3.63) is 24.3 Å². The van der Waals surface area contributed by atoms with Crippen LogP contribution in [0.5, 0.6) is 5.75 Å². The molecule has 0 fully saturated rings. The summed E-state index contributed by atoms with van der Waals surface area (Å²) in [6, 6.07) is 5.02. The first-order valence-electron chi connectivity index (χ1n) is 5.68. The number of ether oxygens (including phenoxy) is 1. The van der Waals surface area contributed by atoms with Gasteiger partial charge in [0.15, 0.2) is 6.61 Å². The first kappa shape index (κ1) is 15.4. The lowest BCUT2D eigenvalue weighted by atomic mass is 10.2. The average Bonchev–Trinajstić information content (AvgIpc) is 2.37. The van der Waals surface area contributed by atoms with Gasteiger partial charge in [0.2, 0.25) is 11.8 Å². The highest BCUT2D eigenvalue weighted by Crippen LogP contribution is 2.15. The Labute approximate surface area is 114 Å². The minimum atomic E-state index is -1.08. The fraction of sp³-hybridized carbons (Fsp3) is 0.250. The van der Waals surface area contributed by atoms with Crippen LogP contribution < -0.4 is 21.5 Å². The Morgan fingerprint density at radius 2 is 1.85 bits per heavy atom. The number of anilines is 1. The molecule has 8 nitrogen and oxygen atoms in total. The number of rotatable bonds is 7. The second-order valence-corrected chi connectivity index (χ2v) is 3.97. The third kappa shape index (κ3) is 5.36. The molecule has 0 radical (unpaired) electrons. The summed E-state index contributed by atoms with van der Waals surface area (Å²) in [4.78, 5) is 32.5. The standard InChI is InChI=1S/C12H15N3O5/c13-9(5-10(14)16)12(19)15-7-1-3-8(4-2-7)20-6-11(17)18/h1-4,9H,5-6,13H2,(H2,14,16)(H,15,19)(H,17,18). The zero-order valence-electron chi connectivity index (χ0n) is 10.5. The van der Waals surface area contributed by atoms with Crippen molar-refractivity contribution in [3.8, 4) is 5.75 Å². The average molecular weight is 281 g/mol. The molecular formula is C12H15N3O5. The zero-order chi connectivity index (χ0) is 15.1. The number of nitrogens with two attached hydrogens (primary N) is 2. The smallest absolute Gasteiger partial charge is 0.341 e. The van der Waals surface area contributed by atoms with E-state index in [2.05, 4.69) is 5.32 Å². The largest absolute Gasteiger partial charge is 0.482 e. The van der Waals surface area contributed by atoms with Gasteiger partial charge in [-0.15, -0.1) is 0 Å². The van der Waals surface area contributed by atoms with E-state index in [9.17, 15) is 14.4 Å². The number of primary amides is 1. The monoisotopic (exact) mass is 281 g/mol. The van der Waals surface area contributed by atoms with Crippen LogP contribution in [0.1, 0.15) is 6.42 Å². The Hall–Kier alpha value is -2.61. The molecule has 1 atom stereocenters.